The van der Waals surface area contributed by atoms with Crippen molar-refractivity contribution < 1.29 is 22.7 Å². The molecular formula is C28H29ClF3N7O2. The van der Waals surface area contributed by atoms with Crippen molar-refractivity contribution in [3.05, 3.63) is 47.5 Å². The highest BCUT2D eigenvalue weighted by molar-refractivity contribution is 6.34. The number of carbonyl (C=O) groups excluding carboxylic acids is 1. The van der Waals surface area contributed by atoms with Crippen LogP contribution in [-0.2, 0) is 11.0 Å². The summed E-state index contributed by atoms with van der Waals surface area (Å²) in [6.07, 6.45) is -2.20. The van der Waals surface area contributed by atoms with E-state index in [4.69, 9.17) is 27.1 Å². The van der Waals surface area contributed by atoms with Crippen LogP contribution in [0, 0.1) is 11.8 Å². The maximum atomic E-state index is 13.9. The minimum Gasteiger partial charge on any atom is -0.462 e. The number of ether oxygens (including phenoxy) is 1. The summed E-state index contributed by atoms with van der Waals surface area (Å²) in [6.45, 7) is 6.87. The summed E-state index contributed by atoms with van der Waals surface area (Å²) in [6, 6.07) is 5.40. The largest absolute Gasteiger partial charge is 0.462 e. The molecule has 2 aliphatic heterocycles. The first kappa shape index (κ1) is 27.5. The molecule has 0 unspecified atom stereocenters. The van der Waals surface area contributed by atoms with E-state index >= 15 is 0 Å². The maximum Gasteiger partial charge on any atom is 0.418 e. The first-order valence-electron chi connectivity index (χ1n) is 13.4. The van der Waals surface area contributed by atoms with Gasteiger partial charge in [-0.1, -0.05) is 18.2 Å². The monoisotopic (exact) mass is 587 g/mol. The number of anilines is 2. The van der Waals surface area contributed by atoms with Gasteiger partial charge in [0, 0.05) is 49.7 Å². The van der Waals surface area contributed by atoms with Crippen molar-refractivity contribution in [2.75, 3.05) is 57.0 Å². The van der Waals surface area contributed by atoms with Crippen molar-refractivity contribution in [2.45, 2.75) is 18.6 Å². The molecule has 216 valence electrons. The van der Waals surface area contributed by atoms with Gasteiger partial charge in [0.05, 0.1) is 21.8 Å². The van der Waals surface area contributed by atoms with Crippen molar-refractivity contribution in [2.24, 2.45) is 11.8 Å². The van der Waals surface area contributed by atoms with Crippen molar-refractivity contribution in [1.29, 1.82) is 0 Å². The van der Waals surface area contributed by atoms with Gasteiger partial charge in [0.15, 0.2) is 0 Å². The van der Waals surface area contributed by atoms with Gasteiger partial charge in [-0.25, -0.2) is 4.98 Å². The van der Waals surface area contributed by atoms with Gasteiger partial charge >= 0.3 is 12.2 Å². The van der Waals surface area contributed by atoms with Crippen LogP contribution < -0.4 is 15.4 Å². The van der Waals surface area contributed by atoms with Crippen LogP contribution in [-0.4, -0.2) is 83.1 Å². The van der Waals surface area contributed by atoms with E-state index in [0.29, 0.717) is 61.3 Å². The van der Waals surface area contributed by atoms with Crippen LogP contribution in [0.15, 0.2) is 36.9 Å². The van der Waals surface area contributed by atoms with Crippen molar-refractivity contribution in [3.63, 3.8) is 0 Å². The number of nitrogens with zero attached hydrogens (tertiary/aromatic N) is 6. The number of piperazine rings is 1. The number of alkyl halides is 3. The van der Waals surface area contributed by atoms with Gasteiger partial charge in [0.1, 0.15) is 18.2 Å². The third-order valence-electron chi connectivity index (χ3n) is 8.23. The van der Waals surface area contributed by atoms with Gasteiger partial charge in [-0.3, -0.25) is 9.69 Å². The Morgan fingerprint density at radius 2 is 1.95 bits per heavy atom. The number of likely N-dealkylation sites (tertiary alicyclic amines) is 1. The second kappa shape index (κ2) is 10.3. The molecule has 1 amide bonds. The summed E-state index contributed by atoms with van der Waals surface area (Å²) in [5.74, 6) is 1.61. The van der Waals surface area contributed by atoms with Crippen LogP contribution >= 0.6 is 11.6 Å². The van der Waals surface area contributed by atoms with Crippen molar-refractivity contribution in [1.82, 2.24) is 24.8 Å². The normalized spacial score (nSPS) is 22.6. The number of pyridine rings is 1. The summed E-state index contributed by atoms with van der Waals surface area (Å²) in [5, 5.41) is 0.597. The second-order valence-electron chi connectivity index (χ2n) is 10.8. The fraction of sp³-hybridized carbons (Fsp3) is 0.429. The lowest BCUT2D eigenvalue weighted by molar-refractivity contribution is -0.137. The Hall–Kier alpha value is -3.64. The average Bonchev–Trinajstić information content (AvgIpc) is 3.62. The number of benzene rings is 1. The highest BCUT2D eigenvalue weighted by Gasteiger charge is 2.51. The van der Waals surface area contributed by atoms with Crippen LogP contribution in [0.2, 0.25) is 5.02 Å². The van der Waals surface area contributed by atoms with Crippen LogP contribution in [0.5, 0.6) is 6.01 Å². The third-order valence-corrected chi connectivity index (χ3v) is 8.54. The number of piperidine rings is 1. The number of fused-ring (bicyclic) bond motifs is 2. The van der Waals surface area contributed by atoms with E-state index < -0.39 is 11.7 Å². The summed E-state index contributed by atoms with van der Waals surface area (Å²) >= 11 is 6.61. The molecule has 1 aromatic carbocycles. The van der Waals surface area contributed by atoms with Crippen LogP contribution in [0.4, 0.5) is 24.8 Å². The molecule has 3 aromatic rings. The minimum absolute atomic E-state index is 0.0483. The molecule has 9 nitrogen and oxygen atoms in total. The molecule has 3 fully saturated rings. The molecule has 13 heteroatoms. The zero-order valence-electron chi connectivity index (χ0n) is 22.4. The molecule has 0 bridgehead atoms. The molecule has 3 atom stereocenters. The predicted octanol–water partition coefficient (Wildman–Crippen LogP) is 4.11. The van der Waals surface area contributed by atoms with E-state index in [0.717, 1.165) is 18.7 Å². The Kier molecular flexibility index (Phi) is 6.93. The fourth-order valence-electron chi connectivity index (χ4n) is 5.97. The number of halogens is 4. The van der Waals surface area contributed by atoms with E-state index in [1.165, 1.54) is 18.6 Å². The molecule has 2 saturated heterocycles. The van der Waals surface area contributed by atoms with E-state index in [-0.39, 0.29) is 40.1 Å². The summed E-state index contributed by atoms with van der Waals surface area (Å²) in [5.41, 5.74) is 4.84. The summed E-state index contributed by atoms with van der Waals surface area (Å²) in [4.78, 5) is 31.4. The lowest BCUT2D eigenvalue weighted by Gasteiger charge is -2.35. The Balaban J connectivity index is 1.41. The molecule has 1 aliphatic carbocycles. The van der Waals surface area contributed by atoms with Crippen LogP contribution in [0.1, 0.15) is 12.0 Å². The number of hydrogen-bond acceptors (Lipinski definition) is 8. The number of aromatic nitrogens is 3. The van der Waals surface area contributed by atoms with Crippen LogP contribution in [0.3, 0.4) is 0 Å². The Bertz CT molecular complexity index is 1520. The molecular weight excluding hydrogens is 559 g/mol. The number of carbonyl (C=O) groups is 1. The number of hydrogen-bond donors (Lipinski definition) is 1. The number of rotatable bonds is 6. The highest BCUT2D eigenvalue weighted by atomic mass is 35.5. The standard InChI is InChI=1S/C28H29ClF3N7O2/c1-3-24(40)38-6-8-39(9-7-38)26-18-11-20(29)17(25-19(28(30,31)32)4-5-23(33)35-25)12-21(18)34-27(36-26)41-14-22-16-10-15(16)13-37(22)2/h3-5,11-12,15-16,22H,1,6-10,13-14H2,2H3,(H2,33,35)/t15-,16+,22-/m1/s1. The lowest BCUT2D eigenvalue weighted by Crippen LogP contribution is -2.48. The number of nitrogens with two attached hydrogens (primary N) is 1. The van der Waals surface area contributed by atoms with Gasteiger partial charge < -0.3 is 20.3 Å². The van der Waals surface area contributed by atoms with Crippen molar-refractivity contribution >= 4 is 40.0 Å². The molecule has 0 radical (unpaired) electrons. The Morgan fingerprint density at radius 3 is 2.61 bits per heavy atom. The topological polar surface area (TPSA) is 101 Å². The SMILES string of the molecule is C=CC(=O)N1CCN(c2nc(OC[C@@H]3[C@H]4C[C@@H]4CN3C)nc3cc(-c4nc(N)ccc4C(F)(F)F)c(Cl)cc23)CC1. The molecule has 41 heavy (non-hydrogen) atoms. The first-order valence-corrected chi connectivity index (χ1v) is 13.8. The second-order valence-corrected chi connectivity index (χ2v) is 11.2. The maximum absolute atomic E-state index is 13.9. The zero-order valence-corrected chi connectivity index (χ0v) is 23.1. The minimum atomic E-state index is -4.67. The highest BCUT2D eigenvalue weighted by Crippen LogP contribution is 2.49. The first-order chi connectivity index (χ1) is 19.5. The van der Waals surface area contributed by atoms with E-state index in [1.54, 1.807) is 11.0 Å². The average molecular weight is 588 g/mol. The van der Waals surface area contributed by atoms with E-state index in [2.05, 4.69) is 28.5 Å². The van der Waals surface area contributed by atoms with Gasteiger partial charge in [0.25, 0.3) is 0 Å². The van der Waals surface area contributed by atoms with Gasteiger partial charge in [-0.05, 0) is 55.6 Å². The number of likely N-dealkylation sites (N-methyl/N-ethyl adjacent to an activating group) is 1. The summed E-state index contributed by atoms with van der Waals surface area (Å²) in [7, 11) is 2.07. The quantitative estimate of drug-likeness (QED) is 0.430. The molecule has 2 aromatic heterocycles. The molecule has 1 saturated carbocycles. The van der Waals surface area contributed by atoms with Crippen LogP contribution in [0.25, 0.3) is 22.2 Å². The zero-order chi connectivity index (χ0) is 29.1. The summed E-state index contributed by atoms with van der Waals surface area (Å²) < 4.78 is 47.8. The van der Waals surface area contributed by atoms with E-state index in [1.807, 2.05) is 4.90 Å². The Labute approximate surface area is 239 Å². The predicted molar refractivity (Wildman–Crippen MR) is 150 cm³/mol. The molecule has 4 heterocycles. The van der Waals surface area contributed by atoms with E-state index in [9.17, 15) is 18.0 Å². The van der Waals surface area contributed by atoms with Gasteiger partial charge in [-0.2, -0.15) is 23.1 Å². The fourth-order valence-corrected chi connectivity index (χ4v) is 6.22. The van der Waals surface area contributed by atoms with Crippen molar-refractivity contribution in [3.8, 4) is 17.3 Å². The molecule has 0 spiro atoms. The lowest BCUT2D eigenvalue weighted by atomic mass is 10.0. The third kappa shape index (κ3) is 5.26. The number of amides is 1. The molecule has 2 N–H and O–H groups in total. The van der Waals surface area contributed by atoms with Gasteiger partial charge in [-0.15, -0.1) is 0 Å². The Morgan fingerprint density at radius 1 is 1.20 bits per heavy atom. The molecule has 6 rings (SSSR count). The molecule has 3 aliphatic rings. The number of nitrogen functional groups attached to an aromatic ring is 1. The van der Waals surface area contributed by atoms with Gasteiger partial charge in [0.2, 0.25) is 5.91 Å². The smallest absolute Gasteiger partial charge is 0.418 e.